The molecule has 0 atom stereocenters. The molecular weight excluding hydrogens is 357 g/mol. The maximum atomic E-state index is 11.2. The Balaban J connectivity index is 0.00000288. The first-order chi connectivity index (χ1) is 11.0. The Morgan fingerprint density at radius 2 is 1.96 bits per heavy atom. The molecule has 0 heterocycles. The SMILES string of the molecule is CON=C(C(=O)[O-])c1ccccc1COc1ccc(Cl)cc1C.[K+]. The first-order valence-corrected chi connectivity index (χ1v) is 7.20. The molecule has 0 aliphatic rings. The smallest absolute Gasteiger partial charge is 0.543 e. The van der Waals surface area contributed by atoms with Gasteiger partial charge in [0.1, 0.15) is 25.2 Å². The Labute approximate surface area is 188 Å². The zero-order valence-electron chi connectivity index (χ0n) is 13.7. The minimum atomic E-state index is -1.41. The summed E-state index contributed by atoms with van der Waals surface area (Å²) < 4.78 is 5.76. The van der Waals surface area contributed by atoms with Gasteiger partial charge in [0.05, 0.1) is 5.97 Å². The van der Waals surface area contributed by atoms with Crippen molar-refractivity contribution < 1.29 is 70.9 Å². The van der Waals surface area contributed by atoms with Crippen LogP contribution < -0.4 is 61.2 Å². The third-order valence-corrected chi connectivity index (χ3v) is 3.40. The van der Waals surface area contributed by atoms with E-state index in [4.69, 9.17) is 16.3 Å². The number of nitrogens with zero attached hydrogens (tertiary/aromatic N) is 1. The van der Waals surface area contributed by atoms with Crippen LogP contribution >= 0.6 is 11.6 Å². The Hall–Kier alpha value is -0.894. The quantitative estimate of drug-likeness (QED) is 0.384. The summed E-state index contributed by atoms with van der Waals surface area (Å²) in [7, 11) is 1.28. The Morgan fingerprint density at radius 3 is 2.58 bits per heavy atom. The second-order valence-corrected chi connectivity index (χ2v) is 5.20. The van der Waals surface area contributed by atoms with Gasteiger partial charge in [-0.05, 0) is 36.2 Å². The number of hydrogen-bond acceptors (Lipinski definition) is 5. The zero-order chi connectivity index (χ0) is 16.8. The average Bonchev–Trinajstić information content (AvgIpc) is 2.52. The summed E-state index contributed by atoms with van der Waals surface area (Å²) in [5.41, 5.74) is 1.66. The van der Waals surface area contributed by atoms with E-state index in [-0.39, 0.29) is 63.7 Å². The van der Waals surface area contributed by atoms with E-state index >= 15 is 0 Å². The van der Waals surface area contributed by atoms with E-state index in [1.807, 2.05) is 6.92 Å². The van der Waals surface area contributed by atoms with Crippen LogP contribution in [0.2, 0.25) is 5.02 Å². The van der Waals surface area contributed by atoms with Crippen LogP contribution in [0.25, 0.3) is 0 Å². The fourth-order valence-corrected chi connectivity index (χ4v) is 2.32. The van der Waals surface area contributed by atoms with E-state index in [1.54, 1.807) is 42.5 Å². The van der Waals surface area contributed by atoms with E-state index in [2.05, 4.69) is 9.99 Å². The molecule has 7 heteroatoms. The molecule has 0 radical (unpaired) electrons. The van der Waals surface area contributed by atoms with Gasteiger partial charge in [0, 0.05) is 10.6 Å². The van der Waals surface area contributed by atoms with E-state index in [0.717, 1.165) is 5.56 Å². The summed E-state index contributed by atoms with van der Waals surface area (Å²) in [5.74, 6) is -0.746. The van der Waals surface area contributed by atoms with Crippen LogP contribution in [0.1, 0.15) is 16.7 Å². The molecule has 0 aliphatic heterocycles. The second kappa shape index (κ2) is 10.2. The van der Waals surface area contributed by atoms with Crippen molar-refractivity contribution in [3.63, 3.8) is 0 Å². The van der Waals surface area contributed by atoms with Gasteiger partial charge in [0.15, 0.2) is 0 Å². The van der Waals surface area contributed by atoms with Crippen molar-refractivity contribution in [1.82, 2.24) is 0 Å². The molecule has 5 nitrogen and oxygen atoms in total. The van der Waals surface area contributed by atoms with Crippen molar-refractivity contribution in [3.8, 4) is 5.75 Å². The Bertz CT molecular complexity index is 749. The third-order valence-electron chi connectivity index (χ3n) is 3.17. The van der Waals surface area contributed by atoms with Gasteiger partial charge in [-0.3, -0.25) is 0 Å². The number of aliphatic carboxylic acids is 1. The summed E-state index contributed by atoms with van der Waals surface area (Å²) in [4.78, 5) is 15.8. The second-order valence-electron chi connectivity index (χ2n) is 4.77. The van der Waals surface area contributed by atoms with E-state index < -0.39 is 5.97 Å². The van der Waals surface area contributed by atoms with Crippen LogP contribution in [-0.2, 0) is 16.2 Å². The molecule has 2 aromatic rings. The molecule has 0 N–H and O–H groups in total. The summed E-state index contributed by atoms with van der Waals surface area (Å²) in [6, 6.07) is 12.2. The van der Waals surface area contributed by atoms with Crippen LogP contribution in [0.5, 0.6) is 5.75 Å². The summed E-state index contributed by atoms with van der Waals surface area (Å²) >= 11 is 5.91. The van der Waals surface area contributed by atoms with Crippen LogP contribution in [-0.4, -0.2) is 18.8 Å². The van der Waals surface area contributed by atoms with Crippen LogP contribution in [0.3, 0.4) is 0 Å². The summed E-state index contributed by atoms with van der Waals surface area (Å²) in [6.45, 7) is 2.06. The third kappa shape index (κ3) is 5.58. The number of carboxylic acid groups (broad SMARTS) is 1. The van der Waals surface area contributed by atoms with Crippen molar-refractivity contribution in [3.05, 3.63) is 64.2 Å². The number of benzene rings is 2. The predicted molar refractivity (Wildman–Crippen MR) is 85.5 cm³/mol. The standard InChI is InChI=1S/C17H16ClNO4.K/c1-11-9-13(18)7-8-15(11)23-10-12-5-3-4-6-14(12)16(17(20)21)19-22-2;/h3-9H,10H2,1-2H3,(H,20,21);/q;+1/p-1. The van der Waals surface area contributed by atoms with E-state index in [9.17, 15) is 9.90 Å². The molecule has 2 rings (SSSR count). The maximum Gasteiger partial charge on any atom is 1.00 e. The van der Waals surface area contributed by atoms with Gasteiger partial charge in [-0.2, -0.15) is 0 Å². The van der Waals surface area contributed by atoms with Gasteiger partial charge >= 0.3 is 51.4 Å². The number of carbonyl (C=O) groups is 1. The van der Waals surface area contributed by atoms with Crippen LogP contribution in [0, 0.1) is 6.92 Å². The molecule has 0 unspecified atom stereocenters. The molecule has 0 saturated carbocycles. The van der Waals surface area contributed by atoms with E-state index in [0.29, 0.717) is 21.9 Å². The molecule has 0 spiro atoms. The number of ether oxygens (including phenoxy) is 1. The molecule has 0 amide bonds. The molecule has 0 fully saturated rings. The molecule has 120 valence electrons. The number of carbonyl (C=O) groups excluding carboxylic acids is 1. The van der Waals surface area contributed by atoms with Crippen molar-refractivity contribution in [2.45, 2.75) is 13.5 Å². The Morgan fingerprint density at radius 1 is 1.25 bits per heavy atom. The number of rotatable bonds is 6. The number of halogens is 1. The van der Waals surface area contributed by atoms with Gasteiger partial charge in [-0.25, -0.2) is 0 Å². The molecule has 24 heavy (non-hydrogen) atoms. The van der Waals surface area contributed by atoms with Crippen molar-refractivity contribution in [1.29, 1.82) is 0 Å². The van der Waals surface area contributed by atoms with Crippen LogP contribution in [0.4, 0.5) is 0 Å². The number of carboxylic acids is 1. The zero-order valence-corrected chi connectivity index (χ0v) is 17.6. The summed E-state index contributed by atoms with van der Waals surface area (Å²) in [5, 5.41) is 15.4. The number of oxime groups is 1. The maximum absolute atomic E-state index is 11.2. The van der Waals surface area contributed by atoms with Crippen molar-refractivity contribution >= 4 is 23.3 Å². The van der Waals surface area contributed by atoms with Crippen molar-refractivity contribution in [2.24, 2.45) is 5.16 Å². The number of aryl methyl sites for hydroxylation is 1. The Kier molecular flexibility index (Phi) is 8.97. The summed E-state index contributed by atoms with van der Waals surface area (Å²) in [6.07, 6.45) is 0. The van der Waals surface area contributed by atoms with Gasteiger partial charge in [0.25, 0.3) is 0 Å². The molecule has 0 aliphatic carbocycles. The number of hydrogen-bond donors (Lipinski definition) is 0. The largest absolute Gasteiger partial charge is 1.00 e. The predicted octanol–water partition coefficient (Wildman–Crippen LogP) is -0.668. The van der Waals surface area contributed by atoms with Crippen LogP contribution in [0.15, 0.2) is 47.6 Å². The topological polar surface area (TPSA) is 71.0 Å². The average molecular weight is 372 g/mol. The van der Waals surface area contributed by atoms with E-state index in [1.165, 1.54) is 7.11 Å². The molecule has 2 aromatic carbocycles. The van der Waals surface area contributed by atoms with Gasteiger partial charge in [-0.1, -0.05) is 41.0 Å². The minimum absolute atomic E-state index is 0. The van der Waals surface area contributed by atoms with Gasteiger partial charge < -0.3 is 19.5 Å². The monoisotopic (exact) mass is 371 g/mol. The molecule has 0 saturated heterocycles. The first-order valence-electron chi connectivity index (χ1n) is 6.82. The van der Waals surface area contributed by atoms with Gasteiger partial charge in [-0.15, -0.1) is 0 Å². The molecular formula is C17H15ClKNO4. The fourth-order valence-electron chi connectivity index (χ4n) is 2.10. The molecule has 0 aromatic heterocycles. The van der Waals surface area contributed by atoms with Gasteiger partial charge in [0.2, 0.25) is 0 Å². The minimum Gasteiger partial charge on any atom is -0.543 e. The van der Waals surface area contributed by atoms with Crippen molar-refractivity contribution in [2.75, 3.05) is 7.11 Å². The fraction of sp³-hybridized carbons (Fsp3) is 0.176. The first kappa shape index (κ1) is 21.1. The normalized spacial score (nSPS) is 10.7. The molecule has 0 bridgehead atoms.